The van der Waals surface area contributed by atoms with Gasteiger partial charge in [0.15, 0.2) is 11.5 Å². The van der Waals surface area contributed by atoms with E-state index in [1.54, 1.807) is 0 Å². The lowest BCUT2D eigenvalue weighted by atomic mass is 9.94. The van der Waals surface area contributed by atoms with Crippen LogP contribution in [0.15, 0.2) is 48.5 Å². The standard InChI is InChI=1S/C23H26N2O4/c26-21(11-14-24-22(27)15-17-7-3-1-4-8-17)25-18-9-10-19-20(16-18)29-23(28-19)12-5-2-6-13-23/h1,3-4,7-10,16H,2,5-6,11-15H2,(H,24,27)(H,25,26). The number of nitrogens with one attached hydrogen (secondary N) is 2. The van der Waals surface area contributed by atoms with Gasteiger partial charge in [-0.25, -0.2) is 0 Å². The van der Waals surface area contributed by atoms with Crippen molar-refractivity contribution >= 4 is 17.5 Å². The Morgan fingerprint density at radius 1 is 0.897 bits per heavy atom. The number of anilines is 1. The lowest BCUT2D eigenvalue weighted by Gasteiger charge is -2.31. The third-order valence-electron chi connectivity index (χ3n) is 5.32. The van der Waals surface area contributed by atoms with Crippen LogP contribution in [-0.4, -0.2) is 24.1 Å². The molecule has 0 atom stereocenters. The Morgan fingerprint density at radius 2 is 1.66 bits per heavy atom. The van der Waals surface area contributed by atoms with Gasteiger partial charge in [-0.1, -0.05) is 36.8 Å². The number of benzene rings is 2. The fourth-order valence-corrected chi connectivity index (χ4v) is 3.85. The Kier molecular flexibility index (Phi) is 5.69. The number of hydrogen-bond acceptors (Lipinski definition) is 4. The van der Waals surface area contributed by atoms with Crippen LogP contribution < -0.4 is 20.1 Å². The maximum absolute atomic E-state index is 12.2. The fourth-order valence-electron chi connectivity index (χ4n) is 3.85. The van der Waals surface area contributed by atoms with Crippen molar-refractivity contribution in [3.05, 3.63) is 54.1 Å². The Balaban J connectivity index is 1.23. The average Bonchev–Trinajstić information content (AvgIpc) is 3.05. The van der Waals surface area contributed by atoms with Gasteiger partial charge in [0.05, 0.1) is 6.42 Å². The van der Waals surface area contributed by atoms with Crippen LogP contribution in [0.4, 0.5) is 5.69 Å². The molecule has 6 nitrogen and oxygen atoms in total. The minimum Gasteiger partial charge on any atom is -0.448 e. The largest absolute Gasteiger partial charge is 0.448 e. The first-order chi connectivity index (χ1) is 14.1. The van der Waals surface area contributed by atoms with Crippen molar-refractivity contribution in [2.45, 2.75) is 50.7 Å². The smallest absolute Gasteiger partial charge is 0.251 e. The minimum atomic E-state index is -0.522. The summed E-state index contributed by atoms with van der Waals surface area (Å²) in [7, 11) is 0. The molecule has 6 heteroatoms. The predicted octanol–water partition coefficient (Wildman–Crippen LogP) is 3.81. The van der Waals surface area contributed by atoms with Gasteiger partial charge in [0.1, 0.15) is 0 Å². The van der Waals surface area contributed by atoms with E-state index < -0.39 is 5.79 Å². The average molecular weight is 394 g/mol. The van der Waals surface area contributed by atoms with Crippen molar-refractivity contribution in [1.29, 1.82) is 0 Å². The van der Waals surface area contributed by atoms with Crippen molar-refractivity contribution in [3.63, 3.8) is 0 Å². The molecule has 2 aromatic rings. The van der Waals surface area contributed by atoms with Crippen molar-refractivity contribution in [2.75, 3.05) is 11.9 Å². The number of hydrogen-bond donors (Lipinski definition) is 2. The summed E-state index contributed by atoms with van der Waals surface area (Å²) in [6, 6.07) is 15.0. The van der Waals surface area contributed by atoms with Gasteiger partial charge in [0.2, 0.25) is 11.8 Å². The summed E-state index contributed by atoms with van der Waals surface area (Å²) < 4.78 is 12.1. The lowest BCUT2D eigenvalue weighted by Crippen LogP contribution is -2.40. The Morgan fingerprint density at radius 3 is 2.45 bits per heavy atom. The summed E-state index contributed by atoms with van der Waals surface area (Å²) >= 11 is 0. The van der Waals surface area contributed by atoms with E-state index in [-0.39, 0.29) is 18.2 Å². The van der Waals surface area contributed by atoms with Gasteiger partial charge in [-0.15, -0.1) is 0 Å². The molecule has 1 aliphatic heterocycles. The third-order valence-corrected chi connectivity index (χ3v) is 5.32. The van der Waals surface area contributed by atoms with Crippen LogP contribution in [0.1, 0.15) is 44.1 Å². The second-order valence-corrected chi connectivity index (χ2v) is 7.65. The molecule has 1 saturated carbocycles. The molecular formula is C23H26N2O4. The predicted molar refractivity (Wildman–Crippen MR) is 110 cm³/mol. The van der Waals surface area contributed by atoms with Gasteiger partial charge in [0, 0.05) is 37.6 Å². The molecule has 1 fully saturated rings. The minimum absolute atomic E-state index is 0.0927. The van der Waals surface area contributed by atoms with Crippen molar-refractivity contribution in [3.8, 4) is 11.5 Å². The van der Waals surface area contributed by atoms with Crippen LogP contribution in [-0.2, 0) is 16.0 Å². The molecule has 152 valence electrons. The molecule has 0 radical (unpaired) electrons. The maximum Gasteiger partial charge on any atom is 0.251 e. The van der Waals surface area contributed by atoms with Crippen LogP contribution >= 0.6 is 0 Å². The summed E-state index contributed by atoms with van der Waals surface area (Å²) in [4.78, 5) is 24.2. The zero-order valence-electron chi connectivity index (χ0n) is 16.4. The highest BCUT2D eigenvalue weighted by molar-refractivity contribution is 5.91. The molecular weight excluding hydrogens is 368 g/mol. The SMILES string of the molecule is O=C(Cc1ccccc1)NCCC(=O)Nc1ccc2c(c1)OC1(CCCCC1)O2. The number of carbonyl (C=O) groups excluding carboxylic acids is 2. The van der Waals surface area contributed by atoms with E-state index in [1.165, 1.54) is 6.42 Å². The Bertz CT molecular complexity index is 876. The van der Waals surface area contributed by atoms with Crippen molar-refractivity contribution in [2.24, 2.45) is 0 Å². The number of fused-ring (bicyclic) bond motifs is 1. The zero-order chi connectivity index (χ0) is 20.1. The van der Waals surface area contributed by atoms with Gasteiger partial charge in [-0.3, -0.25) is 9.59 Å². The highest BCUT2D eigenvalue weighted by Gasteiger charge is 2.42. The molecule has 0 saturated heterocycles. The summed E-state index contributed by atoms with van der Waals surface area (Å²) in [6.45, 7) is 0.297. The summed E-state index contributed by atoms with van der Waals surface area (Å²) in [5, 5.41) is 5.64. The molecule has 29 heavy (non-hydrogen) atoms. The molecule has 2 aliphatic rings. The highest BCUT2D eigenvalue weighted by Crippen LogP contribution is 2.46. The van der Waals surface area contributed by atoms with Crippen molar-refractivity contribution in [1.82, 2.24) is 5.32 Å². The quantitative estimate of drug-likeness (QED) is 0.781. The first-order valence-corrected chi connectivity index (χ1v) is 10.2. The Hall–Kier alpha value is -3.02. The second-order valence-electron chi connectivity index (χ2n) is 7.65. The second kappa shape index (κ2) is 8.55. The van der Waals surface area contributed by atoms with Crippen LogP contribution in [0.25, 0.3) is 0 Å². The lowest BCUT2D eigenvalue weighted by molar-refractivity contribution is -0.120. The molecule has 0 aromatic heterocycles. The first-order valence-electron chi connectivity index (χ1n) is 10.2. The summed E-state index contributed by atoms with van der Waals surface area (Å²) in [5.41, 5.74) is 1.62. The zero-order valence-corrected chi connectivity index (χ0v) is 16.4. The third kappa shape index (κ3) is 4.88. The van der Waals surface area contributed by atoms with Crippen LogP contribution in [0, 0.1) is 0 Å². The van der Waals surface area contributed by atoms with Crippen LogP contribution in [0.5, 0.6) is 11.5 Å². The molecule has 0 unspecified atom stereocenters. The van der Waals surface area contributed by atoms with Gasteiger partial charge >= 0.3 is 0 Å². The summed E-state index contributed by atoms with van der Waals surface area (Å²) in [6.07, 6.45) is 5.73. The van der Waals surface area contributed by atoms with Crippen molar-refractivity contribution < 1.29 is 19.1 Å². The van der Waals surface area contributed by atoms with E-state index in [9.17, 15) is 9.59 Å². The maximum atomic E-state index is 12.2. The molecule has 1 spiro atoms. The van der Waals surface area contributed by atoms with E-state index in [1.807, 2.05) is 48.5 Å². The van der Waals surface area contributed by atoms with Crippen LogP contribution in [0.2, 0.25) is 0 Å². The number of carbonyl (C=O) groups is 2. The highest BCUT2D eigenvalue weighted by atomic mass is 16.7. The molecule has 4 rings (SSSR count). The van der Waals surface area contributed by atoms with E-state index in [2.05, 4.69) is 10.6 Å². The normalized spacial score (nSPS) is 16.4. The number of ether oxygens (including phenoxy) is 2. The van der Waals surface area contributed by atoms with E-state index >= 15 is 0 Å². The van der Waals surface area contributed by atoms with E-state index in [0.717, 1.165) is 37.0 Å². The molecule has 2 aromatic carbocycles. The Labute approximate surface area is 170 Å². The molecule has 2 amide bonds. The molecule has 1 heterocycles. The van der Waals surface area contributed by atoms with Gasteiger partial charge in [-0.2, -0.15) is 0 Å². The van der Waals surface area contributed by atoms with Crippen LogP contribution in [0.3, 0.4) is 0 Å². The van der Waals surface area contributed by atoms with E-state index in [4.69, 9.17) is 9.47 Å². The molecule has 0 bridgehead atoms. The molecule has 1 aliphatic carbocycles. The van der Waals surface area contributed by atoms with Gasteiger partial charge in [-0.05, 0) is 30.5 Å². The first kappa shape index (κ1) is 19.3. The molecule has 2 N–H and O–H groups in total. The fraction of sp³-hybridized carbons (Fsp3) is 0.391. The monoisotopic (exact) mass is 394 g/mol. The van der Waals surface area contributed by atoms with Gasteiger partial charge in [0.25, 0.3) is 5.79 Å². The van der Waals surface area contributed by atoms with E-state index in [0.29, 0.717) is 24.4 Å². The number of amides is 2. The summed E-state index contributed by atoms with van der Waals surface area (Å²) in [5.74, 6) is 0.645. The van der Waals surface area contributed by atoms with Gasteiger partial charge < -0.3 is 20.1 Å². The topological polar surface area (TPSA) is 76.7 Å². The number of rotatable bonds is 6.